The maximum Gasteiger partial charge on any atom is 0.246 e. The number of nitrogens with one attached hydrogen (secondary N) is 1. The Hall–Kier alpha value is -2.09. The summed E-state index contributed by atoms with van der Waals surface area (Å²) in [5.41, 5.74) is 1.43. The van der Waals surface area contributed by atoms with Gasteiger partial charge in [-0.05, 0) is 61.9 Å². The van der Waals surface area contributed by atoms with Crippen molar-refractivity contribution in [2.45, 2.75) is 43.4 Å². The first kappa shape index (κ1) is 22.1. The van der Waals surface area contributed by atoms with E-state index in [-0.39, 0.29) is 22.6 Å². The molecule has 1 N–H and O–H groups in total. The van der Waals surface area contributed by atoms with Crippen LogP contribution in [0.5, 0.6) is 5.75 Å². The first-order valence-electron chi connectivity index (χ1n) is 10.7. The Morgan fingerprint density at radius 1 is 1.16 bits per heavy atom. The zero-order valence-electron chi connectivity index (χ0n) is 17.5. The van der Waals surface area contributed by atoms with Crippen LogP contribution in [0.2, 0.25) is 5.02 Å². The molecule has 8 heteroatoms. The van der Waals surface area contributed by atoms with Crippen LogP contribution in [0, 0.1) is 5.92 Å². The molecule has 31 heavy (non-hydrogen) atoms. The Kier molecular flexibility index (Phi) is 6.55. The smallest absolute Gasteiger partial charge is 0.246 e. The molecule has 0 bridgehead atoms. The fourth-order valence-corrected chi connectivity index (χ4v) is 6.10. The highest BCUT2D eigenvalue weighted by Crippen LogP contribution is 2.50. The van der Waals surface area contributed by atoms with Crippen molar-refractivity contribution in [2.24, 2.45) is 5.92 Å². The lowest BCUT2D eigenvalue weighted by molar-refractivity contribution is -0.117. The molecular weight excluding hydrogens is 436 g/mol. The third kappa shape index (κ3) is 4.73. The average molecular weight is 463 g/mol. The summed E-state index contributed by atoms with van der Waals surface area (Å²) in [6.45, 7) is 3.18. The van der Waals surface area contributed by atoms with Gasteiger partial charge in [0.15, 0.2) is 0 Å². The lowest BCUT2D eigenvalue weighted by Crippen LogP contribution is -2.35. The second kappa shape index (κ2) is 9.18. The molecule has 0 radical (unpaired) electrons. The van der Waals surface area contributed by atoms with Gasteiger partial charge in [0.05, 0.1) is 6.61 Å². The van der Waals surface area contributed by atoms with Crippen LogP contribution >= 0.6 is 11.6 Å². The number of carbonyl (C=O) groups excluding carboxylic acids is 1. The van der Waals surface area contributed by atoms with Crippen molar-refractivity contribution >= 4 is 33.2 Å². The van der Waals surface area contributed by atoms with Crippen molar-refractivity contribution in [3.8, 4) is 5.75 Å². The van der Waals surface area contributed by atoms with E-state index in [0.29, 0.717) is 36.2 Å². The number of amides is 1. The first-order valence-corrected chi connectivity index (χ1v) is 12.6. The highest BCUT2D eigenvalue weighted by molar-refractivity contribution is 7.89. The molecule has 2 fully saturated rings. The van der Waals surface area contributed by atoms with Crippen LogP contribution < -0.4 is 10.1 Å². The van der Waals surface area contributed by atoms with Gasteiger partial charge in [-0.15, -0.1) is 0 Å². The molecule has 2 aromatic rings. The second-order valence-corrected chi connectivity index (χ2v) is 10.3. The quantitative estimate of drug-likeness (QED) is 0.649. The molecule has 1 amide bonds. The van der Waals surface area contributed by atoms with Gasteiger partial charge in [-0.3, -0.25) is 4.79 Å². The van der Waals surface area contributed by atoms with Crippen molar-refractivity contribution in [2.75, 3.05) is 25.0 Å². The normalized spacial score (nSPS) is 21.5. The molecule has 0 spiro atoms. The molecule has 1 saturated heterocycles. The number of sulfonamides is 1. The lowest BCUT2D eigenvalue weighted by Gasteiger charge is -2.27. The van der Waals surface area contributed by atoms with Gasteiger partial charge in [0.1, 0.15) is 10.6 Å². The number of halogens is 1. The molecule has 1 saturated carbocycles. The zero-order chi connectivity index (χ0) is 22.0. The summed E-state index contributed by atoms with van der Waals surface area (Å²) in [6.07, 6.45) is 3.47. The Morgan fingerprint density at radius 2 is 1.90 bits per heavy atom. The van der Waals surface area contributed by atoms with Crippen LogP contribution in [-0.4, -0.2) is 38.3 Å². The fourth-order valence-electron chi connectivity index (χ4n) is 4.15. The maximum absolute atomic E-state index is 13.3. The van der Waals surface area contributed by atoms with Crippen molar-refractivity contribution in [1.82, 2.24) is 4.31 Å². The predicted octanol–water partition coefficient (Wildman–Crippen LogP) is 4.66. The number of hydrogen-bond donors (Lipinski definition) is 1. The van der Waals surface area contributed by atoms with E-state index in [1.54, 1.807) is 12.1 Å². The molecule has 2 aromatic carbocycles. The van der Waals surface area contributed by atoms with Gasteiger partial charge in [-0.1, -0.05) is 36.2 Å². The number of ether oxygens (including phenoxy) is 1. The minimum absolute atomic E-state index is 0.0907. The van der Waals surface area contributed by atoms with Gasteiger partial charge < -0.3 is 10.1 Å². The monoisotopic (exact) mass is 462 g/mol. The summed E-state index contributed by atoms with van der Waals surface area (Å²) >= 11 is 6.26. The predicted molar refractivity (Wildman–Crippen MR) is 121 cm³/mol. The van der Waals surface area contributed by atoms with Crippen molar-refractivity contribution in [3.05, 3.63) is 53.1 Å². The van der Waals surface area contributed by atoms with E-state index in [2.05, 4.69) is 5.32 Å². The van der Waals surface area contributed by atoms with Crippen molar-refractivity contribution < 1.29 is 17.9 Å². The van der Waals surface area contributed by atoms with Crippen LogP contribution in [0.3, 0.4) is 0 Å². The van der Waals surface area contributed by atoms with Crippen LogP contribution in [0.25, 0.3) is 0 Å². The topological polar surface area (TPSA) is 75.7 Å². The van der Waals surface area contributed by atoms with E-state index in [1.807, 2.05) is 31.2 Å². The average Bonchev–Trinajstić information content (AvgIpc) is 3.57. The van der Waals surface area contributed by atoms with Gasteiger partial charge in [0.25, 0.3) is 0 Å². The Labute approximate surface area is 188 Å². The van der Waals surface area contributed by atoms with Crippen molar-refractivity contribution in [3.63, 3.8) is 0 Å². The summed E-state index contributed by atoms with van der Waals surface area (Å²) in [6, 6.07) is 12.4. The Bertz CT molecular complexity index is 1070. The Balaban J connectivity index is 1.54. The zero-order valence-corrected chi connectivity index (χ0v) is 19.1. The van der Waals surface area contributed by atoms with E-state index < -0.39 is 10.0 Å². The highest BCUT2D eigenvalue weighted by Gasteiger charge is 2.44. The van der Waals surface area contributed by atoms with Gasteiger partial charge in [-0.25, -0.2) is 8.42 Å². The second-order valence-electron chi connectivity index (χ2n) is 8.02. The summed E-state index contributed by atoms with van der Waals surface area (Å²) in [7, 11) is -3.70. The third-order valence-electron chi connectivity index (χ3n) is 5.88. The van der Waals surface area contributed by atoms with Gasteiger partial charge in [0.2, 0.25) is 15.9 Å². The van der Waals surface area contributed by atoms with E-state index in [4.69, 9.17) is 16.3 Å². The highest BCUT2D eigenvalue weighted by atomic mass is 35.5. The fraction of sp³-hybridized carbons (Fsp3) is 0.435. The van der Waals surface area contributed by atoms with E-state index in [9.17, 15) is 13.2 Å². The molecule has 166 valence electrons. The molecule has 2 unspecified atom stereocenters. The molecular formula is C23H27ClN2O4S. The number of anilines is 1. The molecule has 2 atom stereocenters. The van der Waals surface area contributed by atoms with E-state index in [0.717, 1.165) is 31.2 Å². The molecule has 1 aliphatic heterocycles. The molecule has 4 rings (SSSR count). The number of benzene rings is 2. The van der Waals surface area contributed by atoms with Gasteiger partial charge in [-0.2, -0.15) is 4.31 Å². The first-order chi connectivity index (χ1) is 14.9. The molecule has 6 nitrogen and oxygen atoms in total. The molecule has 1 heterocycles. The maximum atomic E-state index is 13.3. The largest absolute Gasteiger partial charge is 0.492 e. The summed E-state index contributed by atoms with van der Waals surface area (Å²) in [5, 5.41) is 3.55. The summed E-state index contributed by atoms with van der Waals surface area (Å²) < 4.78 is 33.6. The van der Waals surface area contributed by atoms with Crippen LogP contribution in [0.4, 0.5) is 5.69 Å². The molecule has 2 aliphatic rings. The SMILES string of the molecule is CCOc1ccc(NC(=O)C2CC2c2ccccc2Cl)cc1S(=O)(=O)N1CCCCC1. The van der Waals surface area contributed by atoms with Crippen LogP contribution in [-0.2, 0) is 14.8 Å². The van der Waals surface area contributed by atoms with E-state index in [1.165, 1.54) is 10.4 Å². The molecule has 1 aliphatic carbocycles. The minimum Gasteiger partial charge on any atom is -0.492 e. The minimum atomic E-state index is -3.70. The van der Waals surface area contributed by atoms with Crippen molar-refractivity contribution in [1.29, 1.82) is 0 Å². The van der Waals surface area contributed by atoms with Gasteiger partial charge >= 0.3 is 0 Å². The van der Waals surface area contributed by atoms with Gasteiger partial charge in [0, 0.05) is 29.7 Å². The number of rotatable bonds is 7. The number of hydrogen-bond acceptors (Lipinski definition) is 4. The number of nitrogens with zero attached hydrogens (tertiary/aromatic N) is 1. The van der Waals surface area contributed by atoms with Crippen LogP contribution in [0.1, 0.15) is 44.1 Å². The summed E-state index contributed by atoms with van der Waals surface area (Å²) in [5.74, 6) is 0.100. The molecule has 0 aromatic heterocycles. The lowest BCUT2D eigenvalue weighted by atomic mass is 10.1. The number of carbonyl (C=O) groups is 1. The third-order valence-corrected chi connectivity index (χ3v) is 8.14. The summed E-state index contributed by atoms with van der Waals surface area (Å²) in [4.78, 5) is 12.9. The Morgan fingerprint density at radius 3 is 2.61 bits per heavy atom. The van der Waals surface area contributed by atoms with E-state index >= 15 is 0 Å². The number of piperidine rings is 1. The van der Waals surface area contributed by atoms with Crippen LogP contribution in [0.15, 0.2) is 47.4 Å². The standard InChI is InChI=1S/C23H27ClN2O4S/c1-2-30-21-11-10-16(14-22(21)31(28,29)26-12-6-3-7-13-26)25-23(27)19-15-18(19)17-8-4-5-9-20(17)24/h4-5,8-11,14,18-19H,2-3,6-7,12-13,15H2,1H3,(H,25,27).